The third kappa shape index (κ3) is 5.61. The summed E-state index contributed by atoms with van der Waals surface area (Å²) in [6, 6.07) is 1.90. The highest BCUT2D eigenvalue weighted by molar-refractivity contribution is 5.74. The summed E-state index contributed by atoms with van der Waals surface area (Å²) in [6.45, 7) is 7.12. The molecule has 0 spiro atoms. The molecule has 0 aliphatic carbocycles. The number of hydrogen-bond donors (Lipinski definition) is 1. The molecule has 1 rings (SSSR count). The Labute approximate surface area is 121 Å². The van der Waals surface area contributed by atoms with Gasteiger partial charge in [0.1, 0.15) is 0 Å². The third-order valence-corrected chi connectivity index (χ3v) is 3.03. The number of aromatic nitrogens is 2. The molecule has 6 nitrogen and oxygen atoms in total. The minimum Gasteiger partial charge on any atom is -0.332 e. The molecule has 0 bridgehead atoms. The van der Waals surface area contributed by atoms with E-state index in [0.29, 0.717) is 12.5 Å². The number of carbonyl (C=O) groups excluding carboxylic acids is 1. The maximum absolute atomic E-state index is 12.3. The molecule has 2 amide bonds. The molecule has 20 heavy (non-hydrogen) atoms. The first kappa shape index (κ1) is 16.5. The molecule has 1 heterocycles. The average Bonchev–Trinajstić information content (AvgIpc) is 2.76. The molecular weight excluding hydrogens is 254 g/mol. The second-order valence-corrected chi connectivity index (χ2v) is 5.75. The summed E-state index contributed by atoms with van der Waals surface area (Å²) >= 11 is 0. The minimum absolute atomic E-state index is 0.0123. The van der Waals surface area contributed by atoms with Crippen molar-refractivity contribution in [3.8, 4) is 0 Å². The van der Waals surface area contributed by atoms with Crippen molar-refractivity contribution < 1.29 is 4.79 Å². The van der Waals surface area contributed by atoms with Crippen molar-refractivity contribution in [2.24, 2.45) is 13.0 Å². The van der Waals surface area contributed by atoms with Crippen molar-refractivity contribution in [1.82, 2.24) is 24.9 Å². The van der Waals surface area contributed by atoms with Crippen molar-refractivity contribution >= 4 is 6.03 Å². The lowest BCUT2D eigenvalue weighted by atomic mass is 10.2. The van der Waals surface area contributed by atoms with Crippen molar-refractivity contribution in [2.75, 3.05) is 33.7 Å². The van der Waals surface area contributed by atoms with Crippen LogP contribution in [0.25, 0.3) is 0 Å². The van der Waals surface area contributed by atoms with Gasteiger partial charge in [-0.2, -0.15) is 5.10 Å². The maximum atomic E-state index is 12.3. The Morgan fingerprint density at radius 2 is 2.10 bits per heavy atom. The number of carbonyl (C=O) groups is 1. The molecule has 6 heteroatoms. The number of hydrogen-bond acceptors (Lipinski definition) is 3. The van der Waals surface area contributed by atoms with Crippen molar-refractivity contribution in [3.63, 3.8) is 0 Å². The number of aryl methyl sites for hydroxylation is 1. The summed E-state index contributed by atoms with van der Waals surface area (Å²) < 4.78 is 1.77. The molecular formula is C14H27N5O. The number of urea groups is 1. The van der Waals surface area contributed by atoms with E-state index in [-0.39, 0.29) is 6.03 Å². The highest BCUT2D eigenvalue weighted by Gasteiger charge is 2.15. The van der Waals surface area contributed by atoms with E-state index < -0.39 is 0 Å². The van der Waals surface area contributed by atoms with E-state index in [1.54, 1.807) is 10.9 Å². The normalized spacial score (nSPS) is 11.2. The van der Waals surface area contributed by atoms with Crippen LogP contribution in [0.5, 0.6) is 0 Å². The van der Waals surface area contributed by atoms with Gasteiger partial charge in [-0.1, -0.05) is 13.8 Å². The maximum Gasteiger partial charge on any atom is 0.317 e. The quantitative estimate of drug-likeness (QED) is 0.815. The molecule has 0 aliphatic heterocycles. The Morgan fingerprint density at radius 3 is 2.60 bits per heavy atom. The van der Waals surface area contributed by atoms with Crippen LogP contribution in [0, 0.1) is 5.92 Å². The Hall–Kier alpha value is -1.56. The Bertz CT molecular complexity index is 413. The third-order valence-electron chi connectivity index (χ3n) is 3.03. The van der Waals surface area contributed by atoms with Gasteiger partial charge in [-0.25, -0.2) is 4.79 Å². The van der Waals surface area contributed by atoms with Gasteiger partial charge in [0.2, 0.25) is 0 Å². The highest BCUT2D eigenvalue weighted by Crippen LogP contribution is 2.01. The Balaban J connectivity index is 2.51. The standard InChI is InChI=1S/C14H27N5O/c1-12(2)11-19(9-8-17(3)4)14(20)15-10-13-6-7-16-18(13)5/h6-7,12H,8-11H2,1-5H3,(H,15,20). The van der Waals surface area contributed by atoms with E-state index in [1.165, 1.54) is 0 Å². The van der Waals surface area contributed by atoms with E-state index in [1.807, 2.05) is 32.1 Å². The van der Waals surface area contributed by atoms with Gasteiger partial charge in [0.15, 0.2) is 0 Å². The zero-order valence-electron chi connectivity index (χ0n) is 13.3. The molecule has 0 unspecified atom stereocenters. The SMILES string of the molecule is CC(C)CN(CCN(C)C)C(=O)NCc1ccnn1C. The molecule has 0 aromatic carbocycles. The fourth-order valence-corrected chi connectivity index (χ4v) is 1.89. The predicted molar refractivity (Wildman–Crippen MR) is 80.4 cm³/mol. The largest absolute Gasteiger partial charge is 0.332 e. The molecule has 1 aromatic rings. The van der Waals surface area contributed by atoms with Gasteiger partial charge in [0, 0.05) is 32.9 Å². The second-order valence-electron chi connectivity index (χ2n) is 5.75. The van der Waals surface area contributed by atoms with Gasteiger partial charge in [-0.05, 0) is 26.1 Å². The van der Waals surface area contributed by atoms with E-state index in [9.17, 15) is 4.79 Å². The zero-order valence-corrected chi connectivity index (χ0v) is 13.3. The second kappa shape index (κ2) is 7.89. The summed E-state index contributed by atoms with van der Waals surface area (Å²) in [5, 5.41) is 7.06. The summed E-state index contributed by atoms with van der Waals surface area (Å²) in [5.74, 6) is 0.458. The molecule has 114 valence electrons. The van der Waals surface area contributed by atoms with Crippen molar-refractivity contribution in [3.05, 3.63) is 18.0 Å². The summed E-state index contributed by atoms with van der Waals surface area (Å²) in [4.78, 5) is 16.2. The summed E-state index contributed by atoms with van der Waals surface area (Å²) in [5.41, 5.74) is 0.996. The van der Waals surface area contributed by atoms with Crippen LogP contribution in [0.4, 0.5) is 4.79 Å². The lowest BCUT2D eigenvalue weighted by Crippen LogP contribution is -2.44. The lowest BCUT2D eigenvalue weighted by Gasteiger charge is -2.26. The van der Waals surface area contributed by atoms with Gasteiger partial charge >= 0.3 is 6.03 Å². The fraction of sp³-hybridized carbons (Fsp3) is 0.714. The van der Waals surface area contributed by atoms with E-state index in [2.05, 4.69) is 29.2 Å². The van der Waals surface area contributed by atoms with Crippen LogP contribution in [0.1, 0.15) is 19.5 Å². The van der Waals surface area contributed by atoms with Crippen LogP contribution < -0.4 is 5.32 Å². The predicted octanol–water partition coefficient (Wildman–Crippen LogP) is 1.15. The van der Waals surface area contributed by atoms with Gasteiger partial charge in [-0.3, -0.25) is 4.68 Å². The van der Waals surface area contributed by atoms with Gasteiger partial charge in [-0.15, -0.1) is 0 Å². The summed E-state index contributed by atoms with van der Waals surface area (Å²) in [7, 11) is 5.90. The van der Waals surface area contributed by atoms with Gasteiger partial charge < -0.3 is 15.1 Å². The first-order chi connectivity index (χ1) is 9.40. The van der Waals surface area contributed by atoms with E-state index >= 15 is 0 Å². The summed E-state index contributed by atoms with van der Waals surface area (Å²) in [6.07, 6.45) is 1.74. The lowest BCUT2D eigenvalue weighted by molar-refractivity contribution is 0.183. The molecule has 0 aliphatic rings. The molecule has 0 saturated heterocycles. The van der Waals surface area contributed by atoms with Crippen LogP contribution in [0.3, 0.4) is 0 Å². The van der Waals surface area contributed by atoms with Crippen LogP contribution in [-0.2, 0) is 13.6 Å². The van der Waals surface area contributed by atoms with Crippen molar-refractivity contribution in [2.45, 2.75) is 20.4 Å². The number of rotatable bonds is 7. The number of amides is 2. The van der Waals surface area contributed by atoms with Crippen molar-refractivity contribution in [1.29, 1.82) is 0 Å². The monoisotopic (exact) mass is 281 g/mol. The zero-order chi connectivity index (χ0) is 15.1. The first-order valence-electron chi connectivity index (χ1n) is 7.04. The number of nitrogens with one attached hydrogen (secondary N) is 1. The molecule has 0 saturated carbocycles. The van der Waals surface area contributed by atoms with Gasteiger partial charge in [0.05, 0.1) is 12.2 Å². The van der Waals surface area contributed by atoms with Crippen LogP contribution in [0.2, 0.25) is 0 Å². The molecule has 1 aromatic heterocycles. The van der Waals surface area contributed by atoms with Crippen LogP contribution in [0.15, 0.2) is 12.3 Å². The minimum atomic E-state index is -0.0123. The number of nitrogens with zero attached hydrogens (tertiary/aromatic N) is 4. The van der Waals surface area contributed by atoms with Crippen LogP contribution >= 0.6 is 0 Å². The Kier molecular flexibility index (Phi) is 6.51. The van der Waals surface area contributed by atoms with E-state index in [0.717, 1.165) is 25.3 Å². The van der Waals surface area contributed by atoms with Crippen LogP contribution in [-0.4, -0.2) is 59.3 Å². The molecule has 0 atom stereocenters. The highest BCUT2D eigenvalue weighted by atomic mass is 16.2. The molecule has 1 N–H and O–H groups in total. The number of likely N-dealkylation sites (N-methyl/N-ethyl adjacent to an activating group) is 1. The Morgan fingerprint density at radius 1 is 1.40 bits per heavy atom. The molecule has 0 fully saturated rings. The van der Waals surface area contributed by atoms with Gasteiger partial charge in [0.25, 0.3) is 0 Å². The first-order valence-corrected chi connectivity index (χ1v) is 7.04. The fourth-order valence-electron chi connectivity index (χ4n) is 1.89. The topological polar surface area (TPSA) is 53.4 Å². The average molecular weight is 281 g/mol. The molecule has 0 radical (unpaired) electrons. The van der Waals surface area contributed by atoms with E-state index in [4.69, 9.17) is 0 Å². The smallest absolute Gasteiger partial charge is 0.317 e.